The maximum atomic E-state index is 12.5. The van der Waals surface area contributed by atoms with Crippen LogP contribution in [0.15, 0.2) is 24.3 Å². The molecule has 0 spiro atoms. The molecule has 1 amide bonds. The predicted molar refractivity (Wildman–Crippen MR) is 93.3 cm³/mol. The van der Waals surface area contributed by atoms with Crippen LogP contribution >= 0.6 is 0 Å². The number of carbonyl (C=O) groups excluding carboxylic acids is 1. The predicted octanol–water partition coefficient (Wildman–Crippen LogP) is 1.89. The molecule has 2 N–H and O–H groups in total. The lowest BCUT2D eigenvalue weighted by molar-refractivity contribution is -0.149. The number of carboxylic acids is 1. The number of fused-ring (bicyclic) bond motifs is 1. The number of aliphatic carboxylic acids is 1. The summed E-state index contributed by atoms with van der Waals surface area (Å²) in [5, 5.41) is 12.6. The SMILES string of the molecule is COc1cccc(CNC(=O)C(C)N2C[C@@H]3CCC[C@@]3(C(=O)O)C2)c1. The first kappa shape index (κ1) is 17.7. The van der Waals surface area contributed by atoms with E-state index in [1.54, 1.807) is 7.11 Å². The highest BCUT2D eigenvalue weighted by Gasteiger charge is 2.55. The Bertz CT molecular complexity index is 663. The van der Waals surface area contributed by atoms with Gasteiger partial charge < -0.3 is 15.2 Å². The zero-order valence-corrected chi connectivity index (χ0v) is 14.8. The number of likely N-dealkylation sites (tertiary alicyclic amines) is 1. The maximum Gasteiger partial charge on any atom is 0.311 e. The number of benzene rings is 1. The fourth-order valence-corrected chi connectivity index (χ4v) is 4.26. The van der Waals surface area contributed by atoms with Crippen molar-refractivity contribution in [3.05, 3.63) is 29.8 Å². The van der Waals surface area contributed by atoms with Gasteiger partial charge in [-0.25, -0.2) is 0 Å². The number of nitrogens with one attached hydrogen (secondary N) is 1. The highest BCUT2D eigenvalue weighted by molar-refractivity contribution is 5.82. The number of methoxy groups -OCH3 is 1. The zero-order valence-electron chi connectivity index (χ0n) is 14.8. The smallest absolute Gasteiger partial charge is 0.311 e. The number of ether oxygens (including phenoxy) is 1. The lowest BCUT2D eigenvalue weighted by Crippen LogP contribution is -2.45. The second-order valence-corrected chi connectivity index (χ2v) is 7.23. The Hall–Kier alpha value is -2.08. The molecule has 1 saturated carbocycles. The zero-order chi connectivity index (χ0) is 18.0. The molecule has 1 aromatic rings. The Morgan fingerprint density at radius 2 is 2.28 bits per heavy atom. The Labute approximate surface area is 148 Å². The number of carbonyl (C=O) groups is 2. The van der Waals surface area contributed by atoms with Gasteiger partial charge in [-0.3, -0.25) is 14.5 Å². The van der Waals surface area contributed by atoms with Gasteiger partial charge in [0, 0.05) is 19.6 Å². The summed E-state index contributed by atoms with van der Waals surface area (Å²) in [6.45, 7) is 3.46. The number of nitrogens with zero attached hydrogens (tertiary/aromatic N) is 1. The van der Waals surface area contributed by atoms with Crippen molar-refractivity contribution < 1.29 is 19.4 Å². The van der Waals surface area contributed by atoms with Crippen molar-refractivity contribution in [2.45, 2.75) is 38.8 Å². The minimum absolute atomic E-state index is 0.0664. The molecule has 6 heteroatoms. The molecule has 0 aromatic heterocycles. The fourth-order valence-electron chi connectivity index (χ4n) is 4.26. The summed E-state index contributed by atoms with van der Waals surface area (Å²) in [5.41, 5.74) is 0.321. The molecule has 1 aromatic carbocycles. The summed E-state index contributed by atoms with van der Waals surface area (Å²) in [6.07, 6.45) is 2.64. The summed E-state index contributed by atoms with van der Waals surface area (Å²) in [4.78, 5) is 26.3. The van der Waals surface area contributed by atoms with Gasteiger partial charge in [-0.15, -0.1) is 0 Å². The van der Waals surface area contributed by atoms with E-state index < -0.39 is 11.4 Å². The second kappa shape index (κ2) is 7.04. The fraction of sp³-hybridized carbons (Fsp3) is 0.579. The number of hydrogen-bond donors (Lipinski definition) is 2. The van der Waals surface area contributed by atoms with E-state index in [0.717, 1.165) is 30.6 Å². The molecule has 1 aliphatic heterocycles. The standard InChI is InChI=1S/C19H26N2O4/c1-13(17(22)20-10-14-5-3-7-16(9-14)25-2)21-11-15-6-4-8-19(15,12-21)18(23)24/h3,5,7,9,13,15H,4,6,8,10-12H2,1-2H3,(H,20,22)(H,23,24)/t13?,15-,19+/m0/s1. The van der Waals surface area contributed by atoms with Crippen LogP contribution in [0.3, 0.4) is 0 Å². The van der Waals surface area contributed by atoms with Gasteiger partial charge in [-0.2, -0.15) is 0 Å². The molecule has 136 valence electrons. The first-order chi connectivity index (χ1) is 12.0. The van der Waals surface area contributed by atoms with Crippen molar-refractivity contribution in [1.82, 2.24) is 10.2 Å². The second-order valence-electron chi connectivity index (χ2n) is 7.23. The van der Waals surface area contributed by atoms with E-state index in [9.17, 15) is 14.7 Å². The van der Waals surface area contributed by atoms with Gasteiger partial charge in [-0.1, -0.05) is 18.6 Å². The van der Waals surface area contributed by atoms with Gasteiger partial charge in [0.05, 0.1) is 18.6 Å². The summed E-state index contributed by atoms with van der Waals surface area (Å²) >= 11 is 0. The molecule has 6 nitrogen and oxygen atoms in total. The van der Waals surface area contributed by atoms with Crippen LogP contribution < -0.4 is 10.1 Å². The lowest BCUT2D eigenvalue weighted by atomic mass is 9.81. The molecule has 1 saturated heterocycles. The average molecular weight is 346 g/mol. The third kappa shape index (κ3) is 3.35. The van der Waals surface area contributed by atoms with Crippen LogP contribution in [0, 0.1) is 11.3 Å². The number of carboxylic acid groups (broad SMARTS) is 1. The summed E-state index contributed by atoms with van der Waals surface area (Å²) in [6, 6.07) is 7.26. The molecule has 3 rings (SSSR count). The van der Waals surface area contributed by atoms with Crippen molar-refractivity contribution >= 4 is 11.9 Å². The van der Waals surface area contributed by atoms with E-state index >= 15 is 0 Å². The highest BCUT2D eigenvalue weighted by atomic mass is 16.5. The Kier molecular flexibility index (Phi) is 4.99. The lowest BCUT2D eigenvalue weighted by Gasteiger charge is -2.26. The number of hydrogen-bond acceptors (Lipinski definition) is 4. The van der Waals surface area contributed by atoms with Gasteiger partial charge in [-0.05, 0) is 43.4 Å². The Morgan fingerprint density at radius 1 is 1.48 bits per heavy atom. The molecule has 25 heavy (non-hydrogen) atoms. The van der Waals surface area contributed by atoms with Crippen molar-refractivity contribution in [3.63, 3.8) is 0 Å². The van der Waals surface area contributed by atoms with E-state index in [1.807, 2.05) is 36.1 Å². The van der Waals surface area contributed by atoms with E-state index in [0.29, 0.717) is 19.6 Å². The molecule has 1 aliphatic carbocycles. The molecule has 1 heterocycles. The molecule has 2 fully saturated rings. The number of amides is 1. The Morgan fingerprint density at radius 3 is 2.96 bits per heavy atom. The summed E-state index contributed by atoms with van der Waals surface area (Å²) in [7, 11) is 1.61. The van der Waals surface area contributed by atoms with Crippen LogP contribution in [-0.2, 0) is 16.1 Å². The van der Waals surface area contributed by atoms with Crippen LogP contribution in [0.1, 0.15) is 31.7 Å². The van der Waals surface area contributed by atoms with Crippen LogP contribution in [0.2, 0.25) is 0 Å². The van der Waals surface area contributed by atoms with E-state index in [2.05, 4.69) is 5.32 Å². The Balaban J connectivity index is 1.59. The molecule has 3 atom stereocenters. The van der Waals surface area contributed by atoms with Gasteiger partial charge in [0.25, 0.3) is 0 Å². The third-order valence-corrected chi connectivity index (χ3v) is 5.85. The van der Waals surface area contributed by atoms with Crippen molar-refractivity contribution in [2.75, 3.05) is 20.2 Å². The third-order valence-electron chi connectivity index (χ3n) is 5.85. The quantitative estimate of drug-likeness (QED) is 0.822. The molecule has 1 unspecified atom stereocenters. The molecular weight excluding hydrogens is 320 g/mol. The van der Waals surface area contributed by atoms with Crippen LogP contribution in [0.25, 0.3) is 0 Å². The van der Waals surface area contributed by atoms with Gasteiger partial charge in [0.1, 0.15) is 5.75 Å². The normalized spacial score (nSPS) is 26.9. The highest BCUT2D eigenvalue weighted by Crippen LogP contribution is 2.49. The van der Waals surface area contributed by atoms with Crippen molar-refractivity contribution in [2.24, 2.45) is 11.3 Å². The van der Waals surface area contributed by atoms with E-state index in [1.165, 1.54) is 0 Å². The van der Waals surface area contributed by atoms with Crippen LogP contribution in [0.5, 0.6) is 5.75 Å². The van der Waals surface area contributed by atoms with Crippen molar-refractivity contribution in [1.29, 1.82) is 0 Å². The molecule has 0 radical (unpaired) electrons. The van der Waals surface area contributed by atoms with Crippen molar-refractivity contribution in [3.8, 4) is 5.75 Å². The molecular formula is C19H26N2O4. The first-order valence-electron chi connectivity index (χ1n) is 8.84. The van der Waals surface area contributed by atoms with Gasteiger partial charge in [0.2, 0.25) is 5.91 Å². The maximum absolute atomic E-state index is 12.5. The minimum atomic E-state index is -0.707. The monoisotopic (exact) mass is 346 g/mol. The summed E-state index contributed by atoms with van der Waals surface area (Å²) in [5.74, 6) is 0.152. The van der Waals surface area contributed by atoms with Crippen LogP contribution in [-0.4, -0.2) is 48.1 Å². The molecule has 2 aliphatic rings. The van der Waals surface area contributed by atoms with Gasteiger partial charge in [0.15, 0.2) is 0 Å². The first-order valence-corrected chi connectivity index (χ1v) is 8.84. The largest absolute Gasteiger partial charge is 0.497 e. The van der Waals surface area contributed by atoms with Crippen LogP contribution in [0.4, 0.5) is 0 Å². The molecule has 0 bridgehead atoms. The average Bonchev–Trinajstić information content (AvgIpc) is 3.17. The minimum Gasteiger partial charge on any atom is -0.497 e. The summed E-state index contributed by atoms with van der Waals surface area (Å²) < 4.78 is 5.19. The van der Waals surface area contributed by atoms with Gasteiger partial charge >= 0.3 is 5.97 Å². The van der Waals surface area contributed by atoms with E-state index in [-0.39, 0.29) is 17.9 Å². The van der Waals surface area contributed by atoms with E-state index in [4.69, 9.17) is 4.74 Å². The number of rotatable bonds is 6. The topological polar surface area (TPSA) is 78.9 Å².